The molecule has 1 aromatic heterocycles. The summed E-state index contributed by atoms with van der Waals surface area (Å²) >= 11 is 12.2. The molecule has 1 saturated heterocycles. The number of piperazine rings is 1. The topological polar surface area (TPSA) is 82.4 Å². The van der Waals surface area contributed by atoms with Gasteiger partial charge in [-0.15, -0.1) is 0 Å². The van der Waals surface area contributed by atoms with Crippen LogP contribution in [0.1, 0.15) is 10.5 Å². The monoisotopic (exact) mass is 354 g/mol. The summed E-state index contributed by atoms with van der Waals surface area (Å²) in [6, 6.07) is 5.19. The molecular formula is C15H16Cl2N4O2. The highest BCUT2D eigenvalue weighted by Gasteiger charge is 2.25. The number of aromatic nitrogens is 1. The van der Waals surface area contributed by atoms with Crippen molar-refractivity contribution in [3.8, 4) is 0 Å². The Balaban J connectivity index is 1.77. The smallest absolute Gasteiger partial charge is 0.270 e. The standard InChI is InChI=1S/C15H16Cl2N4O2/c16-10-1-2-11-9(14(10)17)7-12(19-11)15(23)21-5-3-20(4-6-21)13(22)8-18/h1-2,7,19H,3-6,8,18H2. The van der Waals surface area contributed by atoms with Crippen LogP contribution in [-0.2, 0) is 4.79 Å². The van der Waals surface area contributed by atoms with Crippen molar-refractivity contribution < 1.29 is 9.59 Å². The first-order chi connectivity index (χ1) is 11.0. The molecular weight excluding hydrogens is 339 g/mol. The Morgan fingerprint density at radius 2 is 1.78 bits per heavy atom. The van der Waals surface area contributed by atoms with E-state index in [1.54, 1.807) is 28.0 Å². The number of carbonyl (C=O) groups excluding carboxylic acids is 2. The largest absolute Gasteiger partial charge is 0.350 e. The molecule has 0 atom stereocenters. The van der Waals surface area contributed by atoms with Crippen LogP contribution in [0.3, 0.4) is 0 Å². The van der Waals surface area contributed by atoms with Gasteiger partial charge in [-0.3, -0.25) is 9.59 Å². The quantitative estimate of drug-likeness (QED) is 0.861. The Labute approximate surface area is 143 Å². The number of halogens is 2. The molecule has 1 aromatic carbocycles. The molecule has 1 fully saturated rings. The summed E-state index contributed by atoms with van der Waals surface area (Å²) in [5.74, 6) is -0.211. The predicted molar refractivity (Wildman–Crippen MR) is 89.9 cm³/mol. The first kappa shape index (κ1) is 16.1. The Kier molecular flexibility index (Phi) is 4.48. The Bertz CT molecular complexity index is 766. The van der Waals surface area contributed by atoms with Crippen LogP contribution < -0.4 is 5.73 Å². The second-order valence-electron chi connectivity index (χ2n) is 5.38. The maximum Gasteiger partial charge on any atom is 0.270 e. The van der Waals surface area contributed by atoms with Crippen molar-refractivity contribution in [1.29, 1.82) is 0 Å². The van der Waals surface area contributed by atoms with E-state index in [4.69, 9.17) is 28.9 Å². The first-order valence-corrected chi connectivity index (χ1v) is 8.00. The van der Waals surface area contributed by atoms with E-state index in [9.17, 15) is 9.59 Å². The molecule has 6 nitrogen and oxygen atoms in total. The van der Waals surface area contributed by atoms with Crippen LogP contribution in [0.15, 0.2) is 18.2 Å². The fraction of sp³-hybridized carbons (Fsp3) is 0.333. The zero-order valence-corrected chi connectivity index (χ0v) is 13.8. The van der Waals surface area contributed by atoms with Crippen molar-refractivity contribution in [3.63, 3.8) is 0 Å². The molecule has 1 aliphatic heterocycles. The molecule has 2 heterocycles. The molecule has 0 aliphatic carbocycles. The maximum atomic E-state index is 12.6. The van der Waals surface area contributed by atoms with Gasteiger partial charge in [0.25, 0.3) is 5.91 Å². The molecule has 122 valence electrons. The molecule has 23 heavy (non-hydrogen) atoms. The molecule has 2 amide bonds. The number of benzene rings is 1. The zero-order valence-electron chi connectivity index (χ0n) is 12.3. The van der Waals surface area contributed by atoms with Crippen molar-refractivity contribution in [1.82, 2.24) is 14.8 Å². The van der Waals surface area contributed by atoms with Crippen molar-refractivity contribution in [2.24, 2.45) is 5.73 Å². The van der Waals surface area contributed by atoms with E-state index >= 15 is 0 Å². The highest BCUT2D eigenvalue weighted by Crippen LogP contribution is 2.31. The lowest BCUT2D eigenvalue weighted by molar-refractivity contribution is -0.131. The summed E-state index contributed by atoms with van der Waals surface area (Å²) in [4.78, 5) is 30.6. The van der Waals surface area contributed by atoms with Crippen LogP contribution in [0.4, 0.5) is 0 Å². The fourth-order valence-electron chi connectivity index (χ4n) is 2.72. The highest BCUT2D eigenvalue weighted by molar-refractivity contribution is 6.45. The lowest BCUT2D eigenvalue weighted by Crippen LogP contribution is -2.52. The summed E-state index contributed by atoms with van der Waals surface area (Å²) in [7, 11) is 0. The maximum absolute atomic E-state index is 12.6. The molecule has 0 spiro atoms. The number of H-pyrrole nitrogens is 1. The lowest BCUT2D eigenvalue weighted by Gasteiger charge is -2.34. The van der Waals surface area contributed by atoms with E-state index in [2.05, 4.69) is 4.98 Å². The van der Waals surface area contributed by atoms with Crippen LogP contribution in [0.5, 0.6) is 0 Å². The lowest BCUT2D eigenvalue weighted by atomic mass is 10.2. The van der Waals surface area contributed by atoms with E-state index in [1.165, 1.54) is 0 Å². The zero-order chi connectivity index (χ0) is 16.6. The second-order valence-corrected chi connectivity index (χ2v) is 6.17. The van der Waals surface area contributed by atoms with Gasteiger partial charge in [0, 0.05) is 37.1 Å². The Hall–Kier alpha value is -1.76. The van der Waals surface area contributed by atoms with Crippen LogP contribution in [-0.4, -0.2) is 59.3 Å². The average Bonchev–Trinajstić information content (AvgIpc) is 3.02. The number of amides is 2. The molecule has 1 aliphatic rings. The van der Waals surface area contributed by atoms with Gasteiger partial charge in [-0.2, -0.15) is 0 Å². The minimum Gasteiger partial charge on any atom is -0.350 e. The summed E-state index contributed by atoms with van der Waals surface area (Å²) in [5, 5.41) is 1.60. The third-order valence-electron chi connectivity index (χ3n) is 4.02. The average molecular weight is 355 g/mol. The number of nitrogens with one attached hydrogen (secondary N) is 1. The minimum absolute atomic E-state index is 0.00474. The van der Waals surface area contributed by atoms with Crippen LogP contribution in [0.25, 0.3) is 10.9 Å². The number of aromatic amines is 1. The van der Waals surface area contributed by atoms with Gasteiger partial charge in [0.15, 0.2) is 0 Å². The van der Waals surface area contributed by atoms with Crippen molar-refractivity contribution in [2.75, 3.05) is 32.7 Å². The summed E-state index contributed by atoms with van der Waals surface area (Å²) < 4.78 is 0. The van der Waals surface area contributed by atoms with Crippen molar-refractivity contribution in [3.05, 3.63) is 33.9 Å². The van der Waals surface area contributed by atoms with Gasteiger partial charge in [0.1, 0.15) is 5.69 Å². The second kappa shape index (κ2) is 6.39. The Morgan fingerprint density at radius 1 is 1.13 bits per heavy atom. The molecule has 8 heteroatoms. The molecule has 0 saturated carbocycles. The number of nitrogens with two attached hydrogens (primary N) is 1. The third kappa shape index (κ3) is 3.02. The van der Waals surface area contributed by atoms with Crippen LogP contribution in [0, 0.1) is 0 Å². The van der Waals surface area contributed by atoms with Crippen LogP contribution in [0.2, 0.25) is 10.0 Å². The van der Waals surface area contributed by atoms with E-state index in [0.717, 1.165) is 10.9 Å². The van der Waals surface area contributed by atoms with Gasteiger partial charge >= 0.3 is 0 Å². The summed E-state index contributed by atoms with van der Waals surface area (Å²) in [6.45, 7) is 1.95. The number of carbonyl (C=O) groups is 2. The van der Waals surface area contributed by atoms with Gasteiger partial charge in [0.05, 0.1) is 16.6 Å². The number of hydrogen-bond acceptors (Lipinski definition) is 3. The van der Waals surface area contributed by atoms with Gasteiger partial charge in [-0.05, 0) is 18.2 Å². The van der Waals surface area contributed by atoms with Crippen molar-refractivity contribution in [2.45, 2.75) is 0 Å². The number of fused-ring (bicyclic) bond motifs is 1. The number of nitrogens with zero attached hydrogens (tertiary/aromatic N) is 2. The minimum atomic E-state index is -0.117. The van der Waals surface area contributed by atoms with E-state index in [1.807, 2.05) is 0 Å². The number of hydrogen-bond donors (Lipinski definition) is 2. The normalized spacial score (nSPS) is 15.3. The summed E-state index contributed by atoms with van der Waals surface area (Å²) in [6.07, 6.45) is 0. The molecule has 0 unspecified atom stereocenters. The first-order valence-electron chi connectivity index (χ1n) is 7.25. The van der Waals surface area contributed by atoms with Gasteiger partial charge in [-0.25, -0.2) is 0 Å². The van der Waals surface area contributed by atoms with Gasteiger partial charge in [-0.1, -0.05) is 23.2 Å². The highest BCUT2D eigenvalue weighted by atomic mass is 35.5. The number of rotatable bonds is 2. The SMILES string of the molecule is NCC(=O)N1CCN(C(=O)c2cc3c(Cl)c(Cl)ccc3[nH]2)CC1. The van der Waals surface area contributed by atoms with E-state index < -0.39 is 0 Å². The molecule has 0 bridgehead atoms. The Morgan fingerprint density at radius 3 is 2.43 bits per heavy atom. The van der Waals surface area contributed by atoms with Crippen LogP contribution >= 0.6 is 23.2 Å². The van der Waals surface area contributed by atoms with Gasteiger partial charge < -0.3 is 20.5 Å². The molecule has 3 rings (SSSR count). The van der Waals surface area contributed by atoms with E-state index in [0.29, 0.717) is 41.9 Å². The fourth-order valence-corrected chi connectivity index (χ4v) is 3.10. The van der Waals surface area contributed by atoms with Gasteiger partial charge in [0.2, 0.25) is 5.91 Å². The molecule has 2 aromatic rings. The van der Waals surface area contributed by atoms with Crippen molar-refractivity contribution >= 4 is 45.9 Å². The third-order valence-corrected chi connectivity index (χ3v) is 4.83. The predicted octanol–water partition coefficient (Wildman–Crippen LogP) is 1.72. The molecule has 0 radical (unpaired) electrons. The molecule has 3 N–H and O–H groups in total. The summed E-state index contributed by atoms with van der Waals surface area (Å²) in [5.41, 5.74) is 6.58. The van der Waals surface area contributed by atoms with E-state index in [-0.39, 0.29) is 18.4 Å².